The van der Waals surface area contributed by atoms with Crippen LogP contribution in [-0.4, -0.2) is 53.4 Å². The molecule has 4 nitrogen and oxygen atoms in total. The van der Waals surface area contributed by atoms with Crippen molar-refractivity contribution in [2.45, 2.75) is 18.9 Å². The van der Waals surface area contributed by atoms with Crippen molar-refractivity contribution in [3.8, 4) is 0 Å². The summed E-state index contributed by atoms with van der Waals surface area (Å²) in [4.78, 5) is 13.1. The van der Waals surface area contributed by atoms with Gasteiger partial charge in [-0.1, -0.05) is 0 Å². The summed E-state index contributed by atoms with van der Waals surface area (Å²) in [5, 5.41) is 9.11. The van der Waals surface area contributed by atoms with Gasteiger partial charge >= 0.3 is 6.09 Å². The molecule has 0 bridgehead atoms. The zero-order valence-electron chi connectivity index (χ0n) is 8.72. The molecule has 0 aliphatic carbocycles. The van der Waals surface area contributed by atoms with E-state index in [9.17, 15) is 4.79 Å². The molecular formula is C10H17NO3S. The Kier molecular flexibility index (Phi) is 3.75. The van der Waals surface area contributed by atoms with Crippen LogP contribution in [0.4, 0.5) is 4.79 Å². The van der Waals surface area contributed by atoms with E-state index >= 15 is 0 Å². The summed E-state index contributed by atoms with van der Waals surface area (Å²) in [5.41, 5.74) is 0. The molecule has 15 heavy (non-hydrogen) atoms. The van der Waals surface area contributed by atoms with Gasteiger partial charge in [-0.15, -0.1) is 0 Å². The first kappa shape index (κ1) is 11.1. The lowest BCUT2D eigenvalue weighted by Crippen LogP contribution is -2.40. The monoisotopic (exact) mass is 231 g/mol. The highest BCUT2D eigenvalue weighted by Crippen LogP contribution is 2.25. The molecule has 0 spiro atoms. The molecular weight excluding hydrogens is 214 g/mol. The normalized spacial score (nSPS) is 28.2. The highest BCUT2D eigenvalue weighted by Gasteiger charge is 2.34. The Morgan fingerprint density at radius 1 is 1.47 bits per heavy atom. The van der Waals surface area contributed by atoms with Crippen molar-refractivity contribution in [3.05, 3.63) is 0 Å². The summed E-state index contributed by atoms with van der Waals surface area (Å²) in [6.45, 7) is 1.11. The lowest BCUT2D eigenvalue weighted by Gasteiger charge is -2.27. The molecule has 0 aromatic heterocycles. The summed E-state index contributed by atoms with van der Waals surface area (Å²) in [6.07, 6.45) is 2.09. The fourth-order valence-electron chi connectivity index (χ4n) is 2.07. The number of cyclic esters (lactones) is 1. The van der Waals surface area contributed by atoms with Crippen molar-refractivity contribution in [1.29, 1.82) is 0 Å². The van der Waals surface area contributed by atoms with Gasteiger partial charge in [-0.2, -0.15) is 11.8 Å². The Bertz CT molecular complexity index is 231. The van der Waals surface area contributed by atoms with E-state index in [1.54, 1.807) is 4.90 Å². The van der Waals surface area contributed by atoms with Crippen LogP contribution in [0.2, 0.25) is 0 Å². The van der Waals surface area contributed by atoms with Crippen LogP contribution >= 0.6 is 11.8 Å². The quantitative estimate of drug-likeness (QED) is 0.785. The maximum Gasteiger partial charge on any atom is 0.410 e. The largest absolute Gasteiger partial charge is 0.447 e. The number of thioether (sulfide) groups is 1. The maximum atomic E-state index is 11.4. The highest BCUT2D eigenvalue weighted by molar-refractivity contribution is 7.99. The smallest absolute Gasteiger partial charge is 0.410 e. The second kappa shape index (κ2) is 5.07. The fourth-order valence-corrected chi connectivity index (χ4v) is 3.28. The number of aliphatic hydroxyl groups is 1. The van der Waals surface area contributed by atoms with Crippen molar-refractivity contribution < 1.29 is 14.6 Å². The second-order valence-corrected chi connectivity index (χ2v) is 5.35. The molecule has 2 aliphatic heterocycles. The van der Waals surface area contributed by atoms with Crippen molar-refractivity contribution in [2.24, 2.45) is 5.92 Å². The molecule has 0 aromatic carbocycles. The maximum absolute atomic E-state index is 11.4. The number of nitrogens with zero attached hydrogens (tertiary/aromatic N) is 1. The SMILES string of the molecule is O=C1OCC(CO)N1CC1CCSCC1. The topological polar surface area (TPSA) is 49.8 Å². The van der Waals surface area contributed by atoms with E-state index in [0.29, 0.717) is 12.5 Å². The van der Waals surface area contributed by atoms with Crippen molar-refractivity contribution in [1.82, 2.24) is 4.90 Å². The molecule has 86 valence electrons. The van der Waals surface area contributed by atoms with E-state index in [-0.39, 0.29) is 18.7 Å². The van der Waals surface area contributed by atoms with Crippen molar-refractivity contribution in [3.63, 3.8) is 0 Å². The molecule has 2 heterocycles. The number of amides is 1. The Labute approximate surface area is 94.0 Å². The zero-order chi connectivity index (χ0) is 10.7. The van der Waals surface area contributed by atoms with Crippen LogP contribution in [-0.2, 0) is 4.74 Å². The minimum Gasteiger partial charge on any atom is -0.447 e. The van der Waals surface area contributed by atoms with E-state index in [2.05, 4.69) is 0 Å². The van der Waals surface area contributed by atoms with Gasteiger partial charge in [0, 0.05) is 6.54 Å². The Morgan fingerprint density at radius 3 is 2.87 bits per heavy atom. The van der Waals surface area contributed by atoms with Crippen LogP contribution in [0.25, 0.3) is 0 Å². The standard InChI is InChI=1S/C10H17NO3S/c12-6-9-7-14-10(13)11(9)5-8-1-3-15-4-2-8/h8-9,12H,1-7H2. The third kappa shape index (κ3) is 2.58. The van der Waals surface area contributed by atoms with Gasteiger partial charge in [0.15, 0.2) is 0 Å². The van der Waals surface area contributed by atoms with Crippen molar-refractivity contribution >= 4 is 17.9 Å². The molecule has 0 saturated carbocycles. The van der Waals surface area contributed by atoms with Gasteiger partial charge in [0.25, 0.3) is 0 Å². The molecule has 1 amide bonds. The minimum absolute atomic E-state index is 0.00715. The summed E-state index contributed by atoms with van der Waals surface area (Å²) in [6, 6.07) is -0.118. The van der Waals surface area contributed by atoms with Gasteiger partial charge in [0.2, 0.25) is 0 Å². The number of hydrogen-bond donors (Lipinski definition) is 1. The van der Waals surface area contributed by atoms with Crippen LogP contribution in [0.5, 0.6) is 0 Å². The fraction of sp³-hybridized carbons (Fsp3) is 0.900. The predicted molar refractivity (Wildman–Crippen MR) is 59.0 cm³/mol. The molecule has 5 heteroatoms. The van der Waals surface area contributed by atoms with Gasteiger partial charge in [0.1, 0.15) is 6.61 Å². The Morgan fingerprint density at radius 2 is 2.20 bits per heavy atom. The van der Waals surface area contributed by atoms with Crippen LogP contribution in [0.15, 0.2) is 0 Å². The zero-order valence-corrected chi connectivity index (χ0v) is 9.54. The molecule has 0 aromatic rings. The minimum atomic E-state index is -0.257. The summed E-state index contributed by atoms with van der Waals surface area (Å²) in [7, 11) is 0. The van der Waals surface area contributed by atoms with E-state index in [1.165, 1.54) is 24.3 Å². The second-order valence-electron chi connectivity index (χ2n) is 4.12. The van der Waals surface area contributed by atoms with E-state index in [4.69, 9.17) is 9.84 Å². The highest BCUT2D eigenvalue weighted by atomic mass is 32.2. The number of hydrogen-bond acceptors (Lipinski definition) is 4. The molecule has 1 unspecified atom stereocenters. The van der Waals surface area contributed by atoms with Gasteiger partial charge in [-0.05, 0) is 30.3 Å². The summed E-state index contributed by atoms with van der Waals surface area (Å²) < 4.78 is 4.93. The van der Waals surface area contributed by atoms with Crippen LogP contribution in [0.3, 0.4) is 0 Å². The lowest BCUT2D eigenvalue weighted by atomic mass is 10.0. The first-order valence-electron chi connectivity index (χ1n) is 5.43. The van der Waals surface area contributed by atoms with E-state index in [0.717, 1.165) is 6.54 Å². The Hall–Kier alpha value is -0.420. The molecule has 2 rings (SSSR count). The third-order valence-corrected chi connectivity index (χ3v) is 4.13. The Balaban J connectivity index is 1.88. The molecule has 2 saturated heterocycles. The van der Waals surface area contributed by atoms with Gasteiger partial charge in [-0.25, -0.2) is 4.79 Å². The number of aliphatic hydroxyl groups excluding tert-OH is 1. The first-order valence-corrected chi connectivity index (χ1v) is 6.58. The number of carbonyl (C=O) groups excluding carboxylic acids is 1. The number of carbonyl (C=O) groups is 1. The van der Waals surface area contributed by atoms with Gasteiger partial charge in [0.05, 0.1) is 12.6 Å². The van der Waals surface area contributed by atoms with Crippen molar-refractivity contribution in [2.75, 3.05) is 31.3 Å². The molecule has 2 aliphatic rings. The molecule has 1 atom stereocenters. The molecule has 2 fully saturated rings. The van der Waals surface area contributed by atoms with Crippen LogP contribution in [0.1, 0.15) is 12.8 Å². The van der Waals surface area contributed by atoms with E-state index in [1.807, 2.05) is 11.8 Å². The summed E-state index contributed by atoms with van der Waals surface area (Å²) >= 11 is 1.98. The van der Waals surface area contributed by atoms with Crippen LogP contribution in [0, 0.1) is 5.92 Å². The predicted octanol–water partition coefficient (Wildman–Crippen LogP) is 0.943. The first-order chi connectivity index (χ1) is 7.31. The average molecular weight is 231 g/mol. The number of ether oxygens (including phenoxy) is 1. The molecule has 0 radical (unpaired) electrons. The average Bonchev–Trinajstić information content (AvgIpc) is 2.62. The van der Waals surface area contributed by atoms with Crippen LogP contribution < -0.4 is 0 Å². The van der Waals surface area contributed by atoms with Gasteiger partial charge in [-0.3, -0.25) is 4.90 Å². The third-order valence-electron chi connectivity index (χ3n) is 3.08. The summed E-state index contributed by atoms with van der Waals surface area (Å²) in [5.74, 6) is 2.97. The number of rotatable bonds is 3. The van der Waals surface area contributed by atoms with Gasteiger partial charge < -0.3 is 9.84 Å². The molecule has 1 N–H and O–H groups in total. The van der Waals surface area contributed by atoms with E-state index < -0.39 is 0 Å². The lowest BCUT2D eigenvalue weighted by molar-refractivity contribution is 0.143.